The van der Waals surface area contributed by atoms with Crippen LogP contribution in [0, 0.1) is 13.8 Å². The number of rotatable bonds is 6. The van der Waals surface area contributed by atoms with E-state index >= 15 is 0 Å². The number of benzene rings is 3. The molecular weight excluding hydrogens is 510 g/mol. The molecule has 6 nitrogen and oxygen atoms in total. The Morgan fingerprint density at radius 3 is 2.46 bits per heavy atom. The maximum atomic E-state index is 13.4. The van der Waals surface area contributed by atoms with Gasteiger partial charge < -0.3 is 14.6 Å². The summed E-state index contributed by atoms with van der Waals surface area (Å²) in [5.41, 5.74) is 3.48. The second-order valence-corrected chi connectivity index (χ2v) is 9.17. The van der Waals surface area contributed by atoms with E-state index in [2.05, 4.69) is 15.9 Å². The van der Waals surface area contributed by atoms with E-state index in [0.29, 0.717) is 34.9 Å². The summed E-state index contributed by atoms with van der Waals surface area (Å²) in [4.78, 5) is 28.2. The molecule has 0 bridgehead atoms. The summed E-state index contributed by atoms with van der Waals surface area (Å²) in [6, 6.07) is 17.1. The van der Waals surface area contributed by atoms with Crippen molar-refractivity contribution in [2.45, 2.75) is 26.8 Å². The first-order chi connectivity index (χ1) is 16.8. The number of aliphatic hydroxyl groups is 1. The Morgan fingerprint density at radius 1 is 1.03 bits per heavy atom. The molecule has 1 heterocycles. The van der Waals surface area contributed by atoms with Crippen molar-refractivity contribution < 1.29 is 24.2 Å². The highest BCUT2D eigenvalue weighted by molar-refractivity contribution is 9.10. The molecule has 4 rings (SSSR count). The molecule has 1 atom stereocenters. The van der Waals surface area contributed by atoms with Gasteiger partial charge in [-0.25, -0.2) is 0 Å². The van der Waals surface area contributed by atoms with Crippen molar-refractivity contribution in [2.75, 3.05) is 18.6 Å². The van der Waals surface area contributed by atoms with Gasteiger partial charge in [-0.2, -0.15) is 0 Å². The second kappa shape index (κ2) is 9.96. The first-order valence-corrected chi connectivity index (χ1v) is 12.0. The third-order valence-electron chi connectivity index (χ3n) is 5.96. The van der Waals surface area contributed by atoms with Crippen LogP contribution in [0.3, 0.4) is 0 Å². The first-order valence-electron chi connectivity index (χ1n) is 11.2. The van der Waals surface area contributed by atoms with Gasteiger partial charge in [-0.1, -0.05) is 40.2 Å². The summed E-state index contributed by atoms with van der Waals surface area (Å²) >= 11 is 3.46. The van der Waals surface area contributed by atoms with Gasteiger partial charge in [0.05, 0.1) is 25.3 Å². The molecule has 1 aliphatic rings. The lowest BCUT2D eigenvalue weighted by Gasteiger charge is -2.26. The third kappa shape index (κ3) is 4.56. The molecule has 1 amide bonds. The topological polar surface area (TPSA) is 76.1 Å². The number of anilines is 1. The zero-order chi connectivity index (χ0) is 25.3. The fourth-order valence-electron chi connectivity index (χ4n) is 4.27. The van der Waals surface area contributed by atoms with Crippen LogP contribution < -0.4 is 14.4 Å². The monoisotopic (exact) mass is 535 g/mol. The standard InChI is InChI=1S/C28H26BrNO5/c1-5-35-22-12-10-18(15-23(22)34-4)25-24(26(31)19-9-11-21(29)17(3)14-19)27(32)28(33)30(25)20-8-6-7-16(2)13-20/h6-15,25,31H,5H2,1-4H3/b26-24-. The van der Waals surface area contributed by atoms with Crippen molar-refractivity contribution in [3.05, 3.63) is 93.0 Å². The predicted octanol–water partition coefficient (Wildman–Crippen LogP) is 6.10. The van der Waals surface area contributed by atoms with Crippen LogP contribution in [-0.2, 0) is 9.59 Å². The fourth-order valence-corrected chi connectivity index (χ4v) is 4.52. The van der Waals surface area contributed by atoms with Crippen LogP contribution in [0.25, 0.3) is 5.76 Å². The maximum absolute atomic E-state index is 13.4. The maximum Gasteiger partial charge on any atom is 0.300 e. The number of hydrogen-bond donors (Lipinski definition) is 1. The third-order valence-corrected chi connectivity index (χ3v) is 6.85. The minimum absolute atomic E-state index is 0.0180. The van der Waals surface area contributed by atoms with Crippen LogP contribution in [0.5, 0.6) is 11.5 Å². The minimum Gasteiger partial charge on any atom is -0.507 e. The molecule has 1 N–H and O–H groups in total. The van der Waals surface area contributed by atoms with Crippen LogP contribution >= 0.6 is 15.9 Å². The average Bonchev–Trinajstić information content (AvgIpc) is 3.11. The number of methoxy groups -OCH3 is 1. The van der Waals surface area contributed by atoms with Gasteiger partial charge in [0.25, 0.3) is 11.7 Å². The van der Waals surface area contributed by atoms with Crippen LogP contribution in [0.4, 0.5) is 5.69 Å². The number of ketones is 1. The van der Waals surface area contributed by atoms with Gasteiger partial charge in [-0.05, 0) is 73.9 Å². The number of halogens is 1. The molecule has 0 spiro atoms. The van der Waals surface area contributed by atoms with E-state index in [9.17, 15) is 14.7 Å². The zero-order valence-corrected chi connectivity index (χ0v) is 21.5. The number of ether oxygens (including phenoxy) is 2. The highest BCUT2D eigenvalue weighted by Gasteiger charge is 2.47. The van der Waals surface area contributed by atoms with Crippen molar-refractivity contribution in [1.82, 2.24) is 0 Å². The van der Waals surface area contributed by atoms with Crippen LogP contribution in [0.2, 0.25) is 0 Å². The van der Waals surface area contributed by atoms with Gasteiger partial charge in [-0.3, -0.25) is 14.5 Å². The highest BCUT2D eigenvalue weighted by atomic mass is 79.9. The Kier molecular flexibility index (Phi) is 6.98. The number of amides is 1. The van der Waals surface area contributed by atoms with Crippen molar-refractivity contribution in [3.8, 4) is 11.5 Å². The summed E-state index contributed by atoms with van der Waals surface area (Å²) in [5, 5.41) is 11.3. The summed E-state index contributed by atoms with van der Waals surface area (Å²) < 4.78 is 12.0. The molecular formula is C28H26BrNO5. The van der Waals surface area contributed by atoms with Gasteiger partial charge in [0, 0.05) is 15.7 Å². The molecule has 1 fully saturated rings. The second-order valence-electron chi connectivity index (χ2n) is 8.32. The van der Waals surface area contributed by atoms with E-state index in [0.717, 1.165) is 15.6 Å². The smallest absolute Gasteiger partial charge is 0.300 e. The van der Waals surface area contributed by atoms with Gasteiger partial charge >= 0.3 is 0 Å². The molecule has 7 heteroatoms. The zero-order valence-electron chi connectivity index (χ0n) is 20.0. The molecule has 1 unspecified atom stereocenters. The Balaban J connectivity index is 1.97. The number of aryl methyl sites for hydroxylation is 2. The first kappa shape index (κ1) is 24.5. The van der Waals surface area contributed by atoms with Gasteiger partial charge in [0.1, 0.15) is 5.76 Å². The SMILES string of the molecule is CCOc1ccc(C2/C(=C(/O)c3ccc(Br)c(C)c3)C(=O)C(=O)N2c2cccc(C)c2)cc1OC. The molecule has 1 saturated heterocycles. The van der Waals surface area contributed by atoms with Crippen molar-refractivity contribution in [2.24, 2.45) is 0 Å². The molecule has 35 heavy (non-hydrogen) atoms. The molecule has 0 saturated carbocycles. The normalized spacial score (nSPS) is 17.1. The molecule has 3 aromatic rings. The van der Waals surface area contributed by atoms with E-state index in [4.69, 9.17) is 9.47 Å². The average molecular weight is 536 g/mol. The van der Waals surface area contributed by atoms with Gasteiger partial charge in [-0.15, -0.1) is 0 Å². The Bertz CT molecular complexity index is 1350. The summed E-state index contributed by atoms with van der Waals surface area (Å²) in [6.45, 7) is 6.14. The lowest BCUT2D eigenvalue weighted by atomic mass is 9.94. The van der Waals surface area contributed by atoms with Crippen LogP contribution in [0.1, 0.15) is 35.2 Å². The highest BCUT2D eigenvalue weighted by Crippen LogP contribution is 2.44. The van der Waals surface area contributed by atoms with Crippen LogP contribution in [-0.4, -0.2) is 30.5 Å². The molecule has 180 valence electrons. The number of aliphatic hydroxyl groups excluding tert-OH is 1. The number of carbonyl (C=O) groups is 2. The minimum atomic E-state index is -0.856. The van der Waals surface area contributed by atoms with E-state index in [1.54, 1.807) is 42.5 Å². The molecule has 0 aromatic heterocycles. The quantitative estimate of drug-likeness (QED) is 0.234. The number of hydrogen-bond acceptors (Lipinski definition) is 5. The Hall–Kier alpha value is -3.58. The van der Waals surface area contributed by atoms with Crippen LogP contribution in [0.15, 0.2) is 70.7 Å². The lowest BCUT2D eigenvalue weighted by molar-refractivity contribution is -0.132. The molecule has 1 aliphatic heterocycles. The van der Waals surface area contributed by atoms with E-state index in [1.807, 2.05) is 39.0 Å². The summed E-state index contributed by atoms with van der Waals surface area (Å²) in [5.74, 6) is -0.660. The Labute approximate surface area is 212 Å². The fraction of sp³-hybridized carbons (Fsp3) is 0.214. The van der Waals surface area contributed by atoms with Crippen molar-refractivity contribution >= 4 is 39.1 Å². The van der Waals surface area contributed by atoms with E-state index in [-0.39, 0.29) is 11.3 Å². The van der Waals surface area contributed by atoms with Crippen molar-refractivity contribution in [1.29, 1.82) is 0 Å². The molecule has 3 aromatic carbocycles. The number of Topliss-reactive ketones (excluding diaryl/α,β-unsaturated/α-hetero) is 1. The summed E-state index contributed by atoms with van der Waals surface area (Å²) in [6.07, 6.45) is 0. The van der Waals surface area contributed by atoms with E-state index < -0.39 is 17.7 Å². The Morgan fingerprint density at radius 2 is 1.80 bits per heavy atom. The largest absolute Gasteiger partial charge is 0.507 e. The lowest BCUT2D eigenvalue weighted by Crippen LogP contribution is -2.29. The van der Waals surface area contributed by atoms with Gasteiger partial charge in [0.2, 0.25) is 0 Å². The van der Waals surface area contributed by atoms with E-state index in [1.165, 1.54) is 12.0 Å². The number of carbonyl (C=O) groups excluding carboxylic acids is 2. The predicted molar refractivity (Wildman–Crippen MR) is 139 cm³/mol. The van der Waals surface area contributed by atoms with Gasteiger partial charge in [0.15, 0.2) is 11.5 Å². The number of nitrogens with zero attached hydrogens (tertiary/aromatic N) is 1. The van der Waals surface area contributed by atoms with Crippen molar-refractivity contribution in [3.63, 3.8) is 0 Å². The molecule has 0 radical (unpaired) electrons. The summed E-state index contributed by atoms with van der Waals surface area (Å²) in [7, 11) is 1.53. The molecule has 0 aliphatic carbocycles.